The highest BCUT2D eigenvalue weighted by Gasteiger charge is 2.03. The van der Waals surface area contributed by atoms with Crippen LogP contribution in [0.5, 0.6) is 0 Å². The van der Waals surface area contributed by atoms with Gasteiger partial charge in [-0.2, -0.15) is 0 Å². The minimum absolute atomic E-state index is 0.983. The third-order valence-corrected chi connectivity index (χ3v) is 2.28. The zero-order valence-electron chi connectivity index (χ0n) is 8.86. The van der Waals surface area contributed by atoms with Crippen LogP contribution in [0, 0.1) is 20.8 Å². The van der Waals surface area contributed by atoms with Crippen molar-refractivity contribution >= 4 is 5.69 Å². The van der Waals surface area contributed by atoms with E-state index in [1.807, 2.05) is 6.92 Å². The van der Waals surface area contributed by atoms with Gasteiger partial charge in [0, 0.05) is 11.4 Å². The average molecular weight is 175 g/mol. The molecule has 1 rings (SSSR count). The van der Waals surface area contributed by atoms with E-state index in [4.69, 9.17) is 0 Å². The lowest BCUT2D eigenvalue weighted by molar-refractivity contribution is 1.26. The Balaban J connectivity index is 3.17. The van der Waals surface area contributed by atoms with Crippen molar-refractivity contribution in [3.8, 4) is 0 Å². The van der Waals surface area contributed by atoms with Crippen molar-refractivity contribution in [1.82, 2.24) is 0 Å². The van der Waals surface area contributed by atoms with Crippen LogP contribution in [0.2, 0.25) is 0 Å². The molecule has 13 heavy (non-hydrogen) atoms. The van der Waals surface area contributed by atoms with Crippen molar-refractivity contribution < 1.29 is 0 Å². The SMILES string of the molecule is C=C(C)Nc1c(C)ccc(C)c1C. The van der Waals surface area contributed by atoms with Crippen LogP contribution >= 0.6 is 0 Å². The highest BCUT2D eigenvalue weighted by atomic mass is 14.9. The molecule has 0 amide bonds. The van der Waals surface area contributed by atoms with E-state index in [0.29, 0.717) is 0 Å². The lowest BCUT2D eigenvalue weighted by Crippen LogP contribution is -2.00. The van der Waals surface area contributed by atoms with Gasteiger partial charge in [0.25, 0.3) is 0 Å². The fourth-order valence-corrected chi connectivity index (χ4v) is 1.36. The van der Waals surface area contributed by atoms with Crippen molar-refractivity contribution in [3.05, 3.63) is 41.1 Å². The fourth-order valence-electron chi connectivity index (χ4n) is 1.36. The van der Waals surface area contributed by atoms with Crippen molar-refractivity contribution in [2.24, 2.45) is 0 Å². The second-order valence-electron chi connectivity index (χ2n) is 3.60. The molecule has 0 aromatic heterocycles. The first-order chi connectivity index (χ1) is 6.02. The predicted octanol–water partition coefficient (Wildman–Crippen LogP) is 3.56. The Morgan fingerprint density at radius 1 is 1.15 bits per heavy atom. The Hall–Kier alpha value is -1.24. The van der Waals surface area contributed by atoms with E-state index in [9.17, 15) is 0 Å². The molecular weight excluding hydrogens is 158 g/mol. The van der Waals surface area contributed by atoms with Gasteiger partial charge in [-0.1, -0.05) is 18.7 Å². The zero-order chi connectivity index (χ0) is 10.0. The van der Waals surface area contributed by atoms with Crippen LogP contribution in [0.4, 0.5) is 5.69 Å². The Kier molecular flexibility index (Phi) is 2.76. The van der Waals surface area contributed by atoms with Gasteiger partial charge >= 0.3 is 0 Å². The minimum Gasteiger partial charge on any atom is -0.359 e. The van der Waals surface area contributed by atoms with Crippen molar-refractivity contribution in [3.63, 3.8) is 0 Å². The molecule has 0 aliphatic heterocycles. The molecule has 1 aromatic rings. The van der Waals surface area contributed by atoms with E-state index in [-0.39, 0.29) is 0 Å². The zero-order valence-corrected chi connectivity index (χ0v) is 8.86. The Labute approximate surface area is 80.5 Å². The van der Waals surface area contributed by atoms with Gasteiger partial charge in [-0.25, -0.2) is 0 Å². The third kappa shape index (κ3) is 2.11. The fraction of sp³-hybridized carbons (Fsp3) is 0.333. The summed E-state index contributed by atoms with van der Waals surface area (Å²) in [5, 5.41) is 3.29. The van der Waals surface area contributed by atoms with E-state index in [1.165, 1.54) is 22.4 Å². The van der Waals surface area contributed by atoms with Crippen LogP contribution in [0.15, 0.2) is 24.4 Å². The van der Waals surface area contributed by atoms with Gasteiger partial charge in [0.2, 0.25) is 0 Å². The summed E-state index contributed by atoms with van der Waals surface area (Å²) in [5.41, 5.74) is 6.08. The van der Waals surface area contributed by atoms with Crippen LogP contribution in [-0.2, 0) is 0 Å². The molecule has 0 saturated carbocycles. The van der Waals surface area contributed by atoms with Crippen LogP contribution in [0.25, 0.3) is 0 Å². The molecule has 0 radical (unpaired) electrons. The van der Waals surface area contributed by atoms with Gasteiger partial charge in [-0.3, -0.25) is 0 Å². The van der Waals surface area contributed by atoms with Gasteiger partial charge in [0.05, 0.1) is 0 Å². The Bertz CT molecular complexity index is 337. The average Bonchev–Trinajstić information content (AvgIpc) is 2.05. The summed E-state index contributed by atoms with van der Waals surface area (Å²) in [7, 11) is 0. The maximum absolute atomic E-state index is 3.85. The topological polar surface area (TPSA) is 12.0 Å². The molecule has 0 saturated heterocycles. The largest absolute Gasteiger partial charge is 0.359 e. The first-order valence-corrected chi connectivity index (χ1v) is 4.51. The summed E-state index contributed by atoms with van der Waals surface area (Å²) in [6, 6.07) is 4.28. The van der Waals surface area contributed by atoms with E-state index < -0.39 is 0 Å². The predicted molar refractivity (Wildman–Crippen MR) is 59.1 cm³/mol. The summed E-state index contributed by atoms with van der Waals surface area (Å²) < 4.78 is 0. The van der Waals surface area contributed by atoms with Gasteiger partial charge in [-0.05, 0) is 44.4 Å². The van der Waals surface area contributed by atoms with Crippen molar-refractivity contribution in [1.29, 1.82) is 0 Å². The molecule has 1 aromatic carbocycles. The minimum atomic E-state index is 0.983. The normalized spacial score (nSPS) is 9.85. The molecule has 0 unspecified atom stereocenters. The molecular formula is C12H17N. The smallest absolute Gasteiger partial charge is 0.0443 e. The molecule has 0 spiro atoms. The third-order valence-electron chi connectivity index (χ3n) is 2.28. The molecule has 1 heteroatoms. The number of anilines is 1. The number of nitrogens with one attached hydrogen (secondary N) is 1. The number of rotatable bonds is 2. The van der Waals surface area contributed by atoms with Gasteiger partial charge in [-0.15, -0.1) is 0 Å². The highest BCUT2D eigenvalue weighted by molar-refractivity contribution is 5.61. The van der Waals surface area contributed by atoms with Gasteiger partial charge in [0.15, 0.2) is 0 Å². The molecule has 0 aliphatic carbocycles. The first-order valence-electron chi connectivity index (χ1n) is 4.51. The van der Waals surface area contributed by atoms with Crippen LogP contribution < -0.4 is 5.32 Å². The van der Waals surface area contributed by atoms with Crippen molar-refractivity contribution in [2.45, 2.75) is 27.7 Å². The van der Waals surface area contributed by atoms with E-state index >= 15 is 0 Å². The highest BCUT2D eigenvalue weighted by Crippen LogP contribution is 2.23. The van der Waals surface area contributed by atoms with Gasteiger partial charge < -0.3 is 5.32 Å². The number of aryl methyl sites for hydroxylation is 2. The Morgan fingerprint density at radius 2 is 1.69 bits per heavy atom. The van der Waals surface area contributed by atoms with Gasteiger partial charge in [0.1, 0.15) is 0 Å². The lowest BCUT2D eigenvalue weighted by atomic mass is 10.0. The first kappa shape index (κ1) is 9.85. The monoisotopic (exact) mass is 175 g/mol. The Morgan fingerprint density at radius 3 is 2.23 bits per heavy atom. The summed E-state index contributed by atoms with van der Waals surface area (Å²) in [6.07, 6.45) is 0. The van der Waals surface area contributed by atoms with E-state index in [1.54, 1.807) is 0 Å². The number of benzene rings is 1. The molecule has 0 aliphatic rings. The molecule has 1 N–H and O–H groups in total. The number of hydrogen-bond acceptors (Lipinski definition) is 1. The lowest BCUT2D eigenvalue weighted by Gasteiger charge is -2.14. The number of hydrogen-bond donors (Lipinski definition) is 1. The van der Waals surface area contributed by atoms with Crippen LogP contribution in [0.3, 0.4) is 0 Å². The standard InChI is InChI=1S/C12H17N/c1-8(2)13-12-10(4)7-6-9(3)11(12)5/h6-7,13H,1H2,2-5H3. The van der Waals surface area contributed by atoms with E-state index in [2.05, 4.69) is 44.8 Å². The van der Waals surface area contributed by atoms with Crippen molar-refractivity contribution in [2.75, 3.05) is 5.32 Å². The molecule has 1 nitrogen and oxygen atoms in total. The summed E-state index contributed by atoms with van der Waals surface area (Å²) in [5.74, 6) is 0. The maximum Gasteiger partial charge on any atom is 0.0443 e. The molecule has 0 heterocycles. The molecule has 0 fully saturated rings. The number of allylic oxidation sites excluding steroid dienone is 1. The summed E-state index contributed by atoms with van der Waals surface area (Å²) in [6.45, 7) is 12.2. The van der Waals surface area contributed by atoms with Crippen LogP contribution in [-0.4, -0.2) is 0 Å². The van der Waals surface area contributed by atoms with E-state index in [0.717, 1.165) is 5.70 Å². The second-order valence-corrected chi connectivity index (χ2v) is 3.60. The van der Waals surface area contributed by atoms with Crippen LogP contribution in [0.1, 0.15) is 23.6 Å². The maximum atomic E-state index is 3.85. The summed E-state index contributed by atoms with van der Waals surface area (Å²) >= 11 is 0. The molecule has 0 atom stereocenters. The molecule has 0 bridgehead atoms. The molecule has 70 valence electrons. The summed E-state index contributed by atoms with van der Waals surface area (Å²) in [4.78, 5) is 0. The quantitative estimate of drug-likeness (QED) is 0.724. The second kappa shape index (κ2) is 3.65.